The number of ketones is 1. The molecule has 0 spiro atoms. The maximum Gasteiger partial charge on any atom is 0.339 e. The van der Waals surface area contributed by atoms with Gasteiger partial charge in [-0.1, -0.05) is 40.2 Å². The quantitative estimate of drug-likeness (QED) is 0.313. The van der Waals surface area contributed by atoms with Crippen LogP contribution >= 0.6 is 0 Å². The Morgan fingerprint density at radius 1 is 0.853 bits per heavy atom. The van der Waals surface area contributed by atoms with Gasteiger partial charge in [-0.3, -0.25) is 25.0 Å². The molecule has 9 nitrogen and oxygen atoms in total. The molecule has 0 aliphatic heterocycles. The Morgan fingerprint density at radius 2 is 1.44 bits per heavy atom. The zero-order valence-corrected chi connectivity index (χ0v) is 20.2. The van der Waals surface area contributed by atoms with Crippen LogP contribution in [0.5, 0.6) is 0 Å². The van der Waals surface area contributed by atoms with Crippen LogP contribution in [0.3, 0.4) is 0 Å². The van der Waals surface area contributed by atoms with Gasteiger partial charge in [0.2, 0.25) is 0 Å². The number of esters is 1. The normalized spacial score (nSPS) is 29.3. The van der Waals surface area contributed by atoms with Gasteiger partial charge in [-0.15, -0.1) is 0 Å². The van der Waals surface area contributed by atoms with Crippen LogP contribution < -0.4 is 0 Å². The van der Waals surface area contributed by atoms with E-state index in [1.54, 1.807) is 0 Å². The molecule has 9 heteroatoms. The van der Waals surface area contributed by atoms with Gasteiger partial charge in [0, 0.05) is 24.1 Å². The number of rotatable bonds is 4. The van der Waals surface area contributed by atoms with Gasteiger partial charge in [0.25, 0.3) is 11.4 Å². The predicted octanol–water partition coefficient (Wildman–Crippen LogP) is 5.70. The summed E-state index contributed by atoms with van der Waals surface area (Å²) in [6, 6.07) is 2.79. The number of fused-ring (bicyclic) bond motifs is 3. The Hall–Kier alpha value is -3.10. The molecule has 4 rings (SSSR count). The first-order valence-electron chi connectivity index (χ1n) is 11.5. The smallest absolute Gasteiger partial charge is 0.339 e. The molecular formula is C25H30N2O7. The van der Waals surface area contributed by atoms with Crippen molar-refractivity contribution >= 4 is 23.1 Å². The fourth-order valence-electron chi connectivity index (χ4n) is 7.08. The van der Waals surface area contributed by atoms with E-state index in [2.05, 4.69) is 34.6 Å². The van der Waals surface area contributed by atoms with E-state index in [4.69, 9.17) is 4.74 Å². The number of hydrogen-bond acceptors (Lipinski definition) is 7. The highest BCUT2D eigenvalue weighted by molar-refractivity contribution is 6.01. The maximum atomic E-state index is 13.4. The molecule has 1 fully saturated rings. The summed E-state index contributed by atoms with van der Waals surface area (Å²) >= 11 is 0. The Kier molecular flexibility index (Phi) is 5.27. The number of carbonyl (C=O) groups excluding carboxylic acids is 2. The molecule has 0 N–H and O–H groups in total. The summed E-state index contributed by atoms with van der Waals surface area (Å²) < 4.78 is 6.15. The average Bonchev–Trinajstić information content (AvgIpc) is 2.63. The lowest BCUT2D eigenvalue weighted by atomic mass is 9.49. The third kappa shape index (κ3) is 4.23. The standard InChI is InChI=1S/C25H30N2O7/c1-22(2)9-16-10-24(5)12-23(3,4)13-25(14-24,20(16)19(28)11-22)34-21(29)15-6-17(26(30)31)8-18(7-15)27(32)33/h6-8H,9-14H2,1-5H3/t24-,25-/m1/s1. The van der Waals surface area contributed by atoms with Crippen molar-refractivity contribution in [2.24, 2.45) is 16.2 Å². The molecule has 0 aromatic heterocycles. The molecule has 2 atom stereocenters. The molecule has 0 saturated heterocycles. The number of ether oxygens (including phenoxy) is 1. The molecule has 34 heavy (non-hydrogen) atoms. The van der Waals surface area contributed by atoms with Crippen LogP contribution in [0.15, 0.2) is 29.3 Å². The van der Waals surface area contributed by atoms with Crippen LogP contribution in [0.1, 0.15) is 83.5 Å². The monoisotopic (exact) mass is 470 g/mol. The van der Waals surface area contributed by atoms with Gasteiger partial charge in [-0.05, 0) is 48.3 Å². The molecule has 1 saturated carbocycles. The van der Waals surface area contributed by atoms with Crippen LogP contribution in [-0.2, 0) is 9.53 Å². The predicted molar refractivity (Wildman–Crippen MR) is 123 cm³/mol. The third-order valence-electron chi connectivity index (χ3n) is 7.29. The van der Waals surface area contributed by atoms with Crippen LogP contribution in [0, 0.1) is 36.5 Å². The molecule has 1 aromatic carbocycles. The van der Waals surface area contributed by atoms with Gasteiger partial charge in [0.15, 0.2) is 5.78 Å². The highest BCUT2D eigenvalue weighted by Crippen LogP contribution is 2.62. The van der Waals surface area contributed by atoms with E-state index in [0.29, 0.717) is 24.8 Å². The van der Waals surface area contributed by atoms with E-state index in [1.807, 2.05) is 0 Å². The molecule has 0 amide bonds. The number of non-ortho nitro benzene ring substituents is 2. The lowest BCUT2D eigenvalue weighted by molar-refractivity contribution is -0.394. The lowest BCUT2D eigenvalue weighted by Gasteiger charge is -2.58. The van der Waals surface area contributed by atoms with E-state index in [-0.39, 0.29) is 27.6 Å². The Bertz CT molecular complexity index is 1130. The number of benzene rings is 1. The van der Waals surface area contributed by atoms with E-state index >= 15 is 0 Å². The second-order valence-corrected chi connectivity index (χ2v) is 12.2. The van der Waals surface area contributed by atoms with Crippen LogP contribution in [0.4, 0.5) is 11.4 Å². The lowest BCUT2D eigenvalue weighted by Crippen LogP contribution is -2.56. The van der Waals surface area contributed by atoms with Crippen molar-refractivity contribution in [1.29, 1.82) is 0 Å². The van der Waals surface area contributed by atoms with Crippen LogP contribution in [0.25, 0.3) is 0 Å². The summed E-state index contributed by atoms with van der Waals surface area (Å²) in [4.78, 5) is 47.9. The topological polar surface area (TPSA) is 130 Å². The molecule has 3 aliphatic carbocycles. The van der Waals surface area contributed by atoms with E-state index in [0.717, 1.165) is 43.0 Å². The first kappa shape index (κ1) is 24.0. The van der Waals surface area contributed by atoms with Gasteiger partial charge in [0.1, 0.15) is 5.60 Å². The number of nitro groups is 2. The minimum absolute atomic E-state index is 0.0242. The third-order valence-corrected chi connectivity index (χ3v) is 7.29. The van der Waals surface area contributed by atoms with Gasteiger partial charge in [0.05, 0.1) is 21.5 Å². The molecule has 182 valence electrons. The minimum atomic E-state index is -1.16. The fourth-order valence-corrected chi connectivity index (χ4v) is 7.08. The first-order valence-corrected chi connectivity index (χ1v) is 11.5. The zero-order chi connectivity index (χ0) is 25.3. The number of nitro benzene ring substituents is 2. The van der Waals surface area contributed by atoms with E-state index < -0.39 is 32.8 Å². The Morgan fingerprint density at radius 3 is 2.00 bits per heavy atom. The van der Waals surface area contributed by atoms with Crippen LogP contribution in [-0.4, -0.2) is 27.2 Å². The molecule has 3 aliphatic rings. The van der Waals surface area contributed by atoms with Crippen molar-refractivity contribution in [3.63, 3.8) is 0 Å². The summed E-state index contributed by atoms with van der Waals surface area (Å²) in [5.74, 6) is -0.915. The van der Waals surface area contributed by atoms with Crippen molar-refractivity contribution in [2.75, 3.05) is 0 Å². The van der Waals surface area contributed by atoms with Crippen LogP contribution in [0.2, 0.25) is 0 Å². The van der Waals surface area contributed by atoms with Gasteiger partial charge in [-0.25, -0.2) is 4.79 Å². The summed E-state index contributed by atoms with van der Waals surface area (Å²) in [6.07, 6.45) is 3.70. The van der Waals surface area contributed by atoms with E-state index in [1.165, 1.54) is 0 Å². The van der Waals surface area contributed by atoms with Crippen molar-refractivity contribution in [3.8, 4) is 0 Å². The molecule has 2 bridgehead atoms. The fraction of sp³-hybridized carbons (Fsp3) is 0.600. The van der Waals surface area contributed by atoms with E-state index in [9.17, 15) is 29.8 Å². The maximum absolute atomic E-state index is 13.4. The first-order chi connectivity index (χ1) is 15.5. The number of hydrogen-bond donors (Lipinski definition) is 0. The second kappa shape index (κ2) is 7.45. The zero-order valence-electron chi connectivity index (χ0n) is 20.2. The highest BCUT2D eigenvalue weighted by Gasteiger charge is 2.60. The number of nitrogens with zero attached hydrogens (tertiary/aromatic N) is 2. The Balaban J connectivity index is 1.83. The van der Waals surface area contributed by atoms with Crippen molar-refractivity contribution < 1.29 is 24.2 Å². The van der Waals surface area contributed by atoms with Gasteiger partial charge >= 0.3 is 5.97 Å². The average molecular weight is 471 g/mol. The summed E-state index contributed by atoms with van der Waals surface area (Å²) in [7, 11) is 0. The van der Waals surface area contributed by atoms with Crippen molar-refractivity contribution in [2.45, 2.75) is 78.7 Å². The highest BCUT2D eigenvalue weighted by atomic mass is 16.6. The number of allylic oxidation sites excluding steroid dienone is 1. The largest absolute Gasteiger partial charge is 0.450 e. The number of Topliss-reactive ketones (excluding diaryl/α,β-unsaturated/α-hetero) is 1. The summed E-state index contributed by atoms with van der Waals surface area (Å²) in [5.41, 5.74) is -1.52. The van der Waals surface area contributed by atoms with Crippen molar-refractivity contribution in [1.82, 2.24) is 0 Å². The second-order valence-electron chi connectivity index (χ2n) is 12.2. The summed E-state index contributed by atoms with van der Waals surface area (Å²) in [5, 5.41) is 22.6. The SMILES string of the molecule is CC1(C)CC(=O)C2=C(C1)C[C@]1(C)CC(C)(C)C[C@@]2(OC(=O)c2cc([N+](=O)[O-])cc([N+](=O)[O-])c2)C1. The summed E-state index contributed by atoms with van der Waals surface area (Å²) in [6.45, 7) is 10.5. The molecular weight excluding hydrogens is 440 g/mol. The molecule has 0 heterocycles. The Labute approximate surface area is 197 Å². The van der Waals surface area contributed by atoms with Gasteiger partial charge < -0.3 is 4.74 Å². The molecule has 0 unspecified atom stereocenters. The number of carbonyl (C=O) groups is 2. The minimum Gasteiger partial charge on any atom is -0.450 e. The molecule has 0 radical (unpaired) electrons. The van der Waals surface area contributed by atoms with Crippen molar-refractivity contribution in [3.05, 3.63) is 55.1 Å². The van der Waals surface area contributed by atoms with Gasteiger partial charge in [-0.2, -0.15) is 0 Å². The molecule has 1 aromatic rings.